The van der Waals surface area contributed by atoms with Crippen molar-refractivity contribution in [1.29, 1.82) is 0 Å². The summed E-state index contributed by atoms with van der Waals surface area (Å²) < 4.78 is 47.5. The van der Waals surface area contributed by atoms with E-state index in [2.05, 4.69) is 16.7 Å². The lowest BCUT2D eigenvalue weighted by molar-refractivity contribution is -2.00. The SMILES string of the molecule is COc1ccc(-c2cc(=[N+](C)Cc3ccccc3)c3cc(O)ccc3o2)cc1.[O-][Cl+3]([O-])([O-])[O-]. The number of benzene rings is 3. The minimum atomic E-state index is -4.94. The molecule has 0 spiro atoms. The van der Waals surface area contributed by atoms with E-state index < -0.39 is 10.2 Å². The maximum Gasteiger partial charge on any atom is 0.214 e. The number of ether oxygens (including phenoxy) is 1. The van der Waals surface area contributed by atoms with E-state index in [1.54, 1.807) is 25.3 Å². The van der Waals surface area contributed by atoms with Crippen molar-refractivity contribution in [2.24, 2.45) is 0 Å². The molecule has 0 bridgehead atoms. The molecule has 3 aromatic carbocycles. The number of rotatable bonds is 4. The van der Waals surface area contributed by atoms with Crippen molar-refractivity contribution < 1.29 is 43.1 Å². The van der Waals surface area contributed by atoms with Crippen LogP contribution in [0.4, 0.5) is 0 Å². The second kappa shape index (κ2) is 10.5. The molecule has 0 fully saturated rings. The second-order valence-electron chi connectivity index (χ2n) is 7.12. The van der Waals surface area contributed by atoms with E-state index >= 15 is 0 Å². The fourth-order valence-corrected chi connectivity index (χ4v) is 3.31. The molecule has 0 saturated heterocycles. The van der Waals surface area contributed by atoms with Crippen LogP contribution in [0.3, 0.4) is 0 Å². The molecular weight excluding hydrogens is 450 g/mol. The van der Waals surface area contributed by atoms with Crippen LogP contribution in [0.5, 0.6) is 11.5 Å². The van der Waals surface area contributed by atoms with Crippen molar-refractivity contribution in [2.45, 2.75) is 6.54 Å². The maximum atomic E-state index is 10.00. The number of fused-ring (bicyclic) bond motifs is 1. The molecule has 4 aromatic rings. The van der Waals surface area contributed by atoms with E-state index in [0.29, 0.717) is 0 Å². The van der Waals surface area contributed by atoms with Gasteiger partial charge in [0.15, 0.2) is 6.54 Å². The van der Waals surface area contributed by atoms with Gasteiger partial charge in [0.1, 0.15) is 29.9 Å². The Kier molecular flexibility index (Phi) is 7.70. The second-order valence-corrected chi connectivity index (χ2v) is 7.88. The first-order valence-corrected chi connectivity index (χ1v) is 11.0. The molecule has 9 heteroatoms. The molecule has 0 atom stereocenters. The summed E-state index contributed by atoms with van der Waals surface area (Å²) in [5.41, 5.74) is 2.90. The van der Waals surface area contributed by atoms with Crippen molar-refractivity contribution in [1.82, 2.24) is 4.58 Å². The van der Waals surface area contributed by atoms with E-state index in [-0.39, 0.29) is 5.75 Å². The summed E-state index contributed by atoms with van der Waals surface area (Å²) in [6.07, 6.45) is 0. The molecule has 172 valence electrons. The largest absolute Gasteiger partial charge is 0.508 e. The third-order valence-electron chi connectivity index (χ3n) is 4.78. The zero-order valence-corrected chi connectivity index (χ0v) is 18.7. The first kappa shape index (κ1) is 24.2. The third kappa shape index (κ3) is 7.04. The number of methoxy groups -OCH3 is 1. The van der Waals surface area contributed by atoms with Crippen molar-refractivity contribution in [2.75, 3.05) is 14.2 Å². The Labute approximate surface area is 192 Å². The van der Waals surface area contributed by atoms with Crippen LogP contribution in [-0.4, -0.2) is 19.3 Å². The van der Waals surface area contributed by atoms with Crippen LogP contribution in [0.25, 0.3) is 22.3 Å². The van der Waals surface area contributed by atoms with Crippen LogP contribution in [0.2, 0.25) is 0 Å². The Bertz CT molecular complexity index is 1270. The normalized spacial score (nSPS) is 12.1. The van der Waals surface area contributed by atoms with Crippen LogP contribution >= 0.6 is 0 Å². The van der Waals surface area contributed by atoms with Crippen LogP contribution < -0.4 is 33.3 Å². The predicted molar refractivity (Wildman–Crippen MR) is 111 cm³/mol. The van der Waals surface area contributed by atoms with Gasteiger partial charge in [0.05, 0.1) is 18.6 Å². The van der Waals surface area contributed by atoms with Gasteiger partial charge in [-0.3, -0.25) is 0 Å². The fourth-order valence-electron chi connectivity index (χ4n) is 3.31. The van der Waals surface area contributed by atoms with Crippen molar-refractivity contribution >= 4 is 11.0 Å². The molecule has 0 unspecified atom stereocenters. The van der Waals surface area contributed by atoms with Crippen molar-refractivity contribution in [3.05, 3.63) is 89.8 Å². The predicted octanol–water partition coefficient (Wildman–Crippen LogP) is -0.340. The summed E-state index contributed by atoms with van der Waals surface area (Å²) in [5.74, 6) is 1.78. The van der Waals surface area contributed by atoms with Gasteiger partial charge < -0.3 is 14.3 Å². The number of aromatic hydroxyl groups is 1. The first-order chi connectivity index (χ1) is 15.6. The zero-order valence-electron chi connectivity index (χ0n) is 17.9. The number of nitrogens with zero attached hydrogens (tertiary/aromatic N) is 1. The number of halogens is 1. The molecule has 0 aliphatic rings. The summed E-state index contributed by atoms with van der Waals surface area (Å²) >= 11 is 0. The Morgan fingerprint density at radius 2 is 1.55 bits per heavy atom. The van der Waals surface area contributed by atoms with E-state index in [9.17, 15) is 5.11 Å². The molecule has 0 aliphatic carbocycles. The third-order valence-corrected chi connectivity index (χ3v) is 4.78. The van der Waals surface area contributed by atoms with Gasteiger partial charge in [0, 0.05) is 11.1 Å². The summed E-state index contributed by atoms with van der Waals surface area (Å²) in [6.45, 7) is 0.748. The lowest BCUT2D eigenvalue weighted by Gasteiger charge is -2.17. The molecule has 1 aromatic heterocycles. The fraction of sp³-hybridized carbons (Fsp3) is 0.125. The highest BCUT2D eigenvalue weighted by molar-refractivity contribution is 5.80. The molecule has 0 amide bonds. The maximum absolute atomic E-state index is 10.00. The van der Waals surface area contributed by atoms with E-state index in [4.69, 9.17) is 27.8 Å². The molecule has 1 N–H and O–H groups in total. The highest BCUT2D eigenvalue weighted by atomic mass is 35.7. The van der Waals surface area contributed by atoms with E-state index in [1.807, 2.05) is 55.6 Å². The van der Waals surface area contributed by atoms with Gasteiger partial charge in [-0.1, -0.05) is 30.3 Å². The molecule has 1 heterocycles. The van der Waals surface area contributed by atoms with Crippen LogP contribution in [0.15, 0.2) is 83.3 Å². The topological polar surface area (TPSA) is 138 Å². The molecule has 0 radical (unpaired) electrons. The number of hydrogen-bond donors (Lipinski definition) is 1. The van der Waals surface area contributed by atoms with E-state index in [0.717, 1.165) is 39.9 Å². The van der Waals surface area contributed by atoms with Gasteiger partial charge in [0.25, 0.3) is 0 Å². The molecule has 0 saturated carbocycles. The smallest absolute Gasteiger partial charge is 0.214 e. The average Bonchev–Trinajstić information content (AvgIpc) is 2.78. The number of hydrogen-bond acceptors (Lipinski definition) is 7. The monoisotopic (exact) mass is 471 g/mol. The lowest BCUT2D eigenvalue weighted by atomic mass is 10.1. The Hall–Kier alpha value is -3.40. The lowest BCUT2D eigenvalue weighted by Crippen LogP contribution is -2.68. The van der Waals surface area contributed by atoms with Crippen molar-refractivity contribution in [3.63, 3.8) is 0 Å². The number of phenols is 1. The average molecular weight is 472 g/mol. The van der Waals surface area contributed by atoms with Crippen LogP contribution in [0, 0.1) is 10.2 Å². The molecular formula is C24H22ClNO7. The summed E-state index contributed by atoms with van der Waals surface area (Å²) in [5, 5.41) is 11.9. The molecule has 33 heavy (non-hydrogen) atoms. The minimum absolute atomic E-state index is 0.217. The van der Waals surface area contributed by atoms with Gasteiger partial charge in [-0.05, 0) is 42.5 Å². The molecule has 0 aliphatic heterocycles. The zero-order chi connectivity index (χ0) is 24.0. The minimum Gasteiger partial charge on any atom is -0.508 e. The Balaban J connectivity index is 0.000000555. The summed E-state index contributed by atoms with van der Waals surface area (Å²) in [6, 6.07) is 25.3. The molecule has 4 rings (SSSR count). The van der Waals surface area contributed by atoms with Gasteiger partial charge in [0.2, 0.25) is 5.36 Å². The summed E-state index contributed by atoms with van der Waals surface area (Å²) in [7, 11) is -1.25. The van der Waals surface area contributed by atoms with Gasteiger partial charge >= 0.3 is 0 Å². The van der Waals surface area contributed by atoms with Gasteiger partial charge in [-0.2, -0.15) is 0 Å². The standard InChI is InChI=1S/C24H21NO3.ClHO4/c1-25(16-17-6-4-3-5-7-17)22-15-24(18-8-11-20(27-2)12-9-18)28-23-13-10-19(26)14-21(22)23;2-1(3,4)5/h3-15H,16H2,1-2H3;(H,2,3,4,5). The summed E-state index contributed by atoms with van der Waals surface area (Å²) in [4.78, 5) is 0. The Morgan fingerprint density at radius 3 is 2.15 bits per heavy atom. The number of phenolic OH excluding ortho intramolecular Hbond substituents is 1. The highest BCUT2D eigenvalue weighted by Crippen LogP contribution is 2.25. The molecule has 8 nitrogen and oxygen atoms in total. The van der Waals surface area contributed by atoms with E-state index in [1.165, 1.54) is 5.56 Å². The van der Waals surface area contributed by atoms with Crippen LogP contribution in [0.1, 0.15) is 5.56 Å². The quantitative estimate of drug-likeness (QED) is 0.402. The van der Waals surface area contributed by atoms with Gasteiger partial charge in [-0.15, -0.1) is 10.2 Å². The first-order valence-electron chi connectivity index (χ1n) is 9.75. The highest BCUT2D eigenvalue weighted by Gasteiger charge is 2.13. The van der Waals surface area contributed by atoms with Gasteiger partial charge in [-0.25, -0.2) is 23.2 Å². The Morgan fingerprint density at radius 1 is 0.909 bits per heavy atom. The van der Waals surface area contributed by atoms with Crippen LogP contribution in [-0.2, 0) is 6.54 Å². The van der Waals surface area contributed by atoms with Crippen molar-refractivity contribution in [3.8, 4) is 22.8 Å².